The Hall–Kier alpha value is -0.0800. The molecule has 0 aliphatic rings. The molecule has 0 saturated heterocycles. The highest BCUT2D eigenvalue weighted by Gasteiger charge is 2.33. The van der Waals surface area contributed by atoms with E-state index in [-0.39, 0.29) is 11.1 Å². The highest BCUT2D eigenvalue weighted by molar-refractivity contribution is 4.89. The second-order valence-electron chi connectivity index (χ2n) is 7.33. The van der Waals surface area contributed by atoms with E-state index >= 15 is 0 Å². The molecular formula is C15H33NO. The van der Waals surface area contributed by atoms with Gasteiger partial charge in [-0.15, -0.1) is 0 Å². The molecule has 17 heavy (non-hydrogen) atoms. The van der Waals surface area contributed by atoms with E-state index in [9.17, 15) is 0 Å². The van der Waals surface area contributed by atoms with Gasteiger partial charge in [-0.25, -0.2) is 0 Å². The maximum absolute atomic E-state index is 5.55. The zero-order chi connectivity index (χ0) is 13.9. The van der Waals surface area contributed by atoms with E-state index in [2.05, 4.69) is 60.4 Å². The molecule has 0 spiro atoms. The Bertz CT molecular complexity index is 231. The summed E-state index contributed by atoms with van der Waals surface area (Å²) in [6.07, 6.45) is 2.24. The van der Waals surface area contributed by atoms with Crippen molar-refractivity contribution in [1.29, 1.82) is 0 Å². The molecule has 2 nitrogen and oxygen atoms in total. The second kappa shape index (κ2) is 5.71. The fourth-order valence-electron chi connectivity index (χ4n) is 2.22. The Balaban J connectivity index is 4.60. The minimum Gasteiger partial charge on any atom is -0.379 e. The summed E-state index contributed by atoms with van der Waals surface area (Å²) in [5.74, 6) is 0. The Morgan fingerprint density at radius 3 is 1.82 bits per heavy atom. The molecule has 0 atom stereocenters. The smallest absolute Gasteiger partial charge is 0.0640 e. The summed E-state index contributed by atoms with van der Waals surface area (Å²) in [5.41, 5.74) is 0.475. The molecular weight excluding hydrogens is 210 g/mol. The zero-order valence-corrected chi connectivity index (χ0v) is 13.5. The third kappa shape index (κ3) is 5.87. The van der Waals surface area contributed by atoms with Crippen molar-refractivity contribution in [2.45, 2.75) is 72.4 Å². The van der Waals surface area contributed by atoms with Crippen molar-refractivity contribution >= 4 is 0 Å². The normalized spacial score (nSPS) is 14.5. The molecule has 0 fully saturated rings. The monoisotopic (exact) mass is 243 g/mol. The van der Waals surface area contributed by atoms with Gasteiger partial charge in [-0.1, -0.05) is 20.8 Å². The average Bonchev–Trinajstić information content (AvgIpc) is 2.15. The molecule has 0 aromatic carbocycles. The van der Waals surface area contributed by atoms with Gasteiger partial charge in [0.25, 0.3) is 0 Å². The molecule has 2 heteroatoms. The fraction of sp³-hybridized carbons (Fsp3) is 1.00. The minimum atomic E-state index is -0.0614. The van der Waals surface area contributed by atoms with Gasteiger partial charge in [0, 0.05) is 19.2 Å². The summed E-state index contributed by atoms with van der Waals surface area (Å²) in [5, 5.41) is 0. The third-order valence-corrected chi connectivity index (χ3v) is 4.07. The maximum Gasteiger partial charge on any atom is 0.0640 e. The molecule has 0 rings (SSSR count). The highest BCUT2D eigenvalue weighted by Crippen LogP contribution is 2.30. The van der Waals surface area contributed by atoms with Crippen LogP contribution in [0.5, 0.6) is 0 Å². The molecule has 0 aliphatic carbocycles. The first-order valence-electron chi connectivity index (χ1n) is 6.72. The largest absolute Gasteiger partial charge is 0.379 e. The standard InChI is InChI=1S/C15H33NO/c1-10-13(2,3)12-16(8)14(4,5)11-15(6,7)17-9/h10-12H2,1-9H3. The molecule has 0 amide bonds. The van der Waals surface area contributed by atoms with Crippen LogP contribution >= 0.6 is 0 Å². The predicted octanol–water partition coefficient (Wildman–Crippen LogP) is 3.95. The van der Waals surface area contributed by atoms with Crippen LogP contribution in [0, 0.1) is 5.41 Å². The fourth-order valence-corrected chi connectivity index (χ4v) is 2.22. The molecule has 0 saturated carbocycles. The predicted molar refractivity (Wildman–Crippen MR) is 76.5 cm³/mol. The van der Waals surface area contributed by atoms with E-state index in [1.165, 1.54) is 6.42 Å². The number of ether oxygens (including phenoxy) is 1. The Labute approximate surface area is 109 Å². The summed E-state index contributed by atoms with van der Waals surface area (Å²) in [4.78, 5) is 2.47. The first-order chi connectivity index (χ1) is 7.46. The number of nitrogens with zero attached hydrogens (tertiary/aromatic N) is 1. The summed E-state index contributed by atoms with van der Waals surface area (Å²) in [6, 6.07) is 0. The van der Waals surface area contributed by atoms with Gasteiger partial charge < -0.3 is 9.64 Å². The van der Waals surface area contributed by atoms with Crippen LogP contribution in [0.25, 0.3) is 0 Å². The molecule has 0 radical (unpaired) electrons. The van der Waals surface area contributed by atoms with Crippen molar-refractivity contribution in [3.63, 3.8) is 0 Å². The highest BCUT2D eigenvalue weighted by atomic mass is 16.5. The topological polar surface area (TPSA) is 12.5 Å². The quantitative estimate of drug-likeness (QED) is 0.671. The van der Waals surface area contributed by atoms with Crippen LogP contribution in [-0.4, -0.2) is 36.7 Å². The lowest BCUT2D eigenvalue weighted by Crippen LogP contribution is -2.49. The van der Waals surface area contributed by atoms with Gasteiger partial charge in [0.05, 0.1) is 5.60 Å². The van der Waals surface area contributed by atoms with Crippen LogP contribution in [0.1, 0.15) is 61.3 Å². The van der Waals surface area contributed by atoms with Gasteiger partial charge in [0.2, 0.25) is 0 Å². The Morgan fingerprint density at radius 1 is 1.00 bits per heavy atom. The van der Waals surface area contributed by atoms with Crippen LogP contribution in [-0.2, 0) is 4.74 Å². The Kier molecular flexibility index (Phi) is 5.68. The summed E-state index contributed by atoms with van der Waals surface area (Å²) in [7, 11) is 4.02. The van der Waals surface area contributed by atoms with Crippen molar-refractivity contribution in [2.75, 3.05) is 20.7 Å². The lowest BCUT2D eigenvalue weighted by Gasteiger charge is -2.44. The summed E-state index contributed by atoms with van der Waals surface area (Å²) >= 11 is 0. The van der Waals surface area contributed by atoms with Crippen LogP contribution in [0.2, 0.25) is 0 Å². The SMILES string of the molecule is CCC(C)(C)CN(C)C(C)(C)CC(C)(C)OC. The van der Waals surface area contributed by atoms with E-state index in [0.717, 1.165) is 13.0 Å². The minimum absolute atomic E-state index is 0.0614. The van der Waals surface area contributed by atoms with Crippen molar-refractivity contribution in [2.24, 2.45) is 5.41 Å². The van der Waals surface area contributed by atoms with E-state index < -0.39 is 0 Å². The zero-order valence-electron chi connectivity index (χ0n) is 13.5. The average molecular weight is 243 g/mol. The lowest BCUT2D eigenvalue weighted by molar-refractivity contribution is -0.0322. The van der Waals surface area contributed by atoms with E-state index in [4.69, 9.17) is 4.74 Å². The molecule has 0 aromatic heterocycles. The second-order valence-corrected chi connectivity index (χ2v) is 7.33. The van der Waals surface area contributed by atoms with Gasteiger partial charge in [-0.3, -0.25) is 0 Å². The van der Waals surface area contributed by atoms with Gasteiger partial charge in [-0.2, -0.15) is 0 Å². The number of hydrogen-bond donors (Lipinski definition) is 0. The molecule has 0 aromatic rings. The lowest BCUT2D eigenvalue weighted by atomic mass is 9.84. The number of methoxy groups -OCH3 is 1. The van der Waals surface area contributed by atoms with Crippen molar-refractivity contribution in [3.05, 3.63) is 0 Å². The van der Waals surface area contributed by atoms with Crippen LogP contribution in [0.4, 0.5) is 0 Å². The van der Waals surface area contributed by atoms with Gasteiger partial charge in [0.15, 0.2) is 0 Å². The van der Waals surface area contributed by atoms with Crippen molar-refractivity contribution in [1.82, 2.24) is 4.90 Å². The number of hydrogen-bond acceptors (Lipinski definition) is 2. The van der Waals surface area contributed by atoms with Crippen LogP contribution in [0.15, 0.2) is 0 Å². The molecule has 0 N–H and O–H groups in total. The molecule has 104 valence electrons. The molecule has 0 heterocycles. The van der Waals surface area contributed by atoms with Gasteiger partial charge in [0.1, 0.15) is 0 Å². The molecule has 0 aliphatic heterocycles. The maximum atomic E-state index is 5.55. The van der Waals surface area contributed by atoms with E-state index in [1.807, 2.05) is 0 Å². The van der Waals surface area contributed by atoms with Crippen molar-refractivity contribution < 1.29 is 4.74 Å². The Morgan fingerprint density at radius 2 is 1.47 bits per heavy atom. The van der Waals surface area contributed by atoms with Crippen LogP contribution < -0.4 is 0 Å². The molecule has 0 bridgehead atoms. The summed E-state index contributed by atoms with van der Waals surface area (Å²) < 4.78 is 5.55. The first-order valence-corrected chi connectivity index (χ1v) is 6.72. The van der Waals surface area contributed by atoms with E-state index in [0.29, 0.717) is 5.41 Å². The van der Waals surface area contributed by atoms with Crippen LogP contribution in [0.3, 0.4) is 0 Å². The number of rotatable bonds is 7. The summed E-state index contributed by atoms with van der Waals surface area (Å²) in [6.45, 7) is 17.0. The van der Waals surface area contributed by atoms with Crippen molar-refractivity contribution in [3.8, 4) is 0 Å². The molecule has 0 unspecified atom stereocenters. The first kappa shape index (κ1) is 16.9. The van der Waals surface area contributed by atoms with Gasteiger partial charge in [-0.05, 0) is 53.0 Å². The van der Waals surface area contributed by atoms with Gasteiger partial charge >= 0.3 is 0 Å². The third-order valence-electron chi connectivity index (χ3n) is 4.07. The van der Waals surface area contributed by atoms with E-state index in [1.54, 1.807) is 7.11 Å².